The molecule has 1 aliphatic heterocycles. The maximum Gasteiger partial charge on any atom is 0.157 e. The van der Waals surface area contributed by atoms with Crippen LogP contribution in [0.3, 0.4) is 0 Å². The van der Waals surface area contributed by atoms with Gasteiger partial charge in [0, 0.05) is 12.5 Å². The summed E-state index contributed by atoms with van der Waals surface area (Å²) in [6.45, 7) is 5.95. The third-order valence-corrected chi connectivity index (χ3v) is 4.81. The van der Waals surface area contributed by atoms with Crippen molar-refractivity contribution in [2.24, 2.45) is 5.92 Å². The lowest BCUT2D eigenvalue weighted by Gasteiger charge is -2.28. The van der Waals surface area contributed by atoms with Gasteiger partial charge in [-0.05, 0) is 30.0 Å². The molecule has 0 amide bonds. The van der Waals surface area contributed by atoms with Gasteiger partial charge in [0.25, 0.3) is 0 Å². The van der Waals surface area contributed by atoms with E-state index < -0.39 is 0 Å². The molecule has 2 atom stereocenters. The number of carbonyl (C=O) groups excluding carboxylic acids is 1. The summed E-state index contributed by atoms with van der Waals surface area (Å²) in [5.74, 6) is 0.906. The third kappa shape index (κ3) is 3.53. The zero-order valence-electron chi connectivity index (χ0n) is 14.0. The van der Waals surface area contributed by atoms with Crippen molar-refractivity contribution >= 4 is 5.78 Å². The molecule has 2 nitrogen and oxygen atoms in total. The Balaban J connectivity index is 1.83. The molecular weight excluding hydrogens is 282 g/mol. The van der Waals surface area contributed by atoms with E-state index in [1.54, 1.807) is 0 Å². The van der Waals surface area contributed by atoms with Crippen LogP contribution in [0.15, 0.2) is 60.7 Å². The number of ketones is 1. The van der Waals surface area contributed by atoms with E-state index in [-0.39, 0.29) is 12.0 Å². The summed E-state index contributed by atoms with van der Waals surface area (Å²) in [5.41, 5.74) is 2.51. The summed E-state index contributed by atoms with van der Waals surface area (Å²) in [6, 6.07) is 20.8. The predicted molar refractivity (Wildman–Crippen MR) is 94.4 cm³/mol. The summed E-state index contributed by atoms with van der Waals surface area (Å²) in [4.78, 5) is 15.2. The molecule has 2 aromatic rings. The second kappa shape index (κ2) is 7.10. The molecule has 0 aromatic heterocycles. The molecule has 0 saturated carbocycles. The first-order chi connectivity index (χ1) is 11.2. The third-order valence-electron chi connectivity index (χ3n) is 4.81. The molecule has 0 radical (unpaired) electrons. The van der Waals surface area contributed by atoms with Crippen LogP contribution in [0.2, 0.25) is 0 Å². The summed E-state index contributed by atoms with van der Waals surface area (Å²) in [6.07, 6.45) is 1.12. The quantitative estimate of drug-likeness (QED) is 0.814. The van der Waals surface area contributed by atoms with Crippen molar-refractivity contribution in [1.29, 1.82) is 0 Å². The van der Waals surface area contributed by atoms with Crippen LogP contribution in [0, 0.1) is 5.92 Å². The topological polar surface area (TPSA) is 20.3 Å². The van der Waals surface area contributed by atoms with Crippen molar-refractivity contribution in [3.8, 4) is 0 Å². The van der Waals surface area contributed by atoms with Crippen LogP contribution in [0.25, 0.3) is 0 Å². The monoisotopic (exact) mass is 307 g/mol. The molecule has 1 saturated heterocycles. The highest BCUT2D eigenvalue weighted by Crippen LogP contribution is 2.34. The summed E-state index contributed by atoms with van der Waals surface area (Å²) in [7, 11) is 0. The van der Waals surface area contributed by atoms with E-state index in [0.29, 0.717) is 11.7 Å². The molecule has 0 N–H and O–H groups in total. The lowest BCUT2D eigenvalue weighted by Crippen LogP contribution is -2.34. The van der Waals surface area contributed by atoms with Gasteiger partial charge in [-0.15, -0.1) is 0 Å². The van der Waals surface area contributed by atoms with Crippen molar-refractivity contribution in [1.82, 2.24) is 4.90 Å². The highest BCUT2D eigenvalue weighted by atomic mass is 16.1. The maximum atomic E-state index is 12.8. The van der Waals surface area contributed by atoms with Crippen molar-refractivity contribution in [3.05, 3.63) is 71.8 Å². The molecule has 2 heteroatoms. The molecule has 23 heavy (non-hydrogen) atoms. The van der Waals surface area contributed by atoms with Gasteiger partial charge in [0.1, 0.15) is 0 Å². The van der Waals surface area contributed by atoms with Crippen LogP contribution in [0.4, 0.5) is 0 Å². The Morgan fingerprint density at radius 2 is 1.61 bits per heavy atom. The Bertz CT molecular complexity index is 635. The fourth-order valence-electron chi connectivity index (χ4n) is 3.53. The van der Waals surface area contributed by atoms with Crippen LogP contribution < -0.4 is 0 Å². The van der Waals surface area contributed by atoms with E-state index in [9.17, 15) is 4.79 Å². The Kier molecular flexibility index (Phi) is 4.92. The van der Waals surface area contributed by atoms with Gasteiger partial charge in [-0.1, -0.05) is 74.5 Å². The van der Waals surface area contributed by atoms with Crippen molar-refractivity contribution in [3.63, 3.8) is 0 Å². The number of rotatable bonds is 5. The molecule has 2 aromatic carbocycles. The van der Waals surface area contributed by atoms with Gasteiger partial charge < -0.3 is 0 Å². The predicted octanol–water partition coefficient (Wildman–Crippen LogP) is 4.44. The largest absolute Gasteiger partial charge is 0.297 e. The van der Waals surface area contributed by atoms with Gasteiger partial charge in [0.2, 0.25) is 0 Å². The van der Waals surface area contributed by atoms with Gasteiger partial charge in [-0.3, -0.25) is 9.69 Å². The van der Waals surface area contributed by atoms with Crippen LogP contribution >= 0.6 is 0 Å². The first kappa shape index (κ1) is 15.9. The first-order valence-corrected chi connectivity index (χ1v) is 8.54. The number of Topliss-reactive ketones (excluding diaryl/α,β-unsaturated/α-hetero) is 1. The van der Waals surface area contributed by atoms with E-state index in [4.69, 9.17) is 0 Å². The van der Waals surface area contributed by atoms with E-state index in [0.717, 1.165) is 25.1 Å². The van der Waals surface area contributed by atoms with Gasteiger partial charge in [0.05, 0.1) is 6.04 Å². The SMILES string of the molecule is CC(C)C(=O)[C@@H](c1ccccc1)N1CC[C@H](c2ccccc2)C1. The average molecular weight is 307 g/mol. The molecule has 1 heterocycles. The van der Waals surface area contributed by atoms with Crippen LogP contribution in [0.1, 0.15) is 43.4 Å². The van der Waals surface area contributed by atoms with Crippen LogP contribution in [-0.4, -0.2) is 23.8 Å². The van der Waals surface area contributed by atoms with Crippen molar-refractivity contribution in [2.45, 2.75) is 32.2 Å². The van der Waals surface area contributed by atoms with E-state index in [1.807, 2.05) is 32.0 Å². The molecule has 0 aliphatic carbocycles. The average Bonchev–Trinajstić information content (AvgIpc) is 3.06. The van der Waals surface area contributed by atoms with E-state index in [2.05, 4.69) is 47.4 Å². The number of carbonyl (C=O) groups is 1. The van der Waals surface area contributed by atoms with Gasteiger partial charge >= 0.3 is 0 Å². The summed E-state index contributed by atoms with van der Waals surface area (Å²) >= 11 is 0. The van der Waals surface area contributed by atoms with E-state index >= 15 is 0 Å². The normalized spacial score (nSPS) is 19.9. The molecule has 1 fully saturated rings. The van der Waals surface area contributed by atoms with Crippen LogP contribution in [0.5, 0.6) is 0 Å². The second-order valence-corrected chi connectivity index (χ2v) is 6.76. The fourth-order valence-corrected chi connectivity index (χ4v) is 3.53. The minimum atomic E-state index is -0.107. The first-order valence-electron chi connectivity index (χ1n) is 8.54. The number of benzene rings is 2. The zero-order chi connectivity index (χ0) is 16.2. The molecule has 120 valence electrons. The number of nitrogens with zero attached hydrogens (tertiary/aromatic N) is 1. The summed E-state index contributed by atoms with van der Waals surface area (Å²) < 4.78 is 0. The second-order valence-electron chi connectivity index (χ2n) is 6.76. The molecule has 0 unspecified atom stereocenters. The Labute approximate surface area is 139 Å². The van der Waals surface area contributed by atoms with Gasteiger partial charge in [-0.2, -0.15) is 0 Å². The lowest BCUT2D eigenvalue weighted by atomic mass is 9.94. The lowest BCUT2D eigenvalue weighted by molar-refractivity contribution is -0.127. The molecule has 3 rings (SSSR count). The summed E-state index contributed by atoms with van der Waals surface area (Å²) in [5, 5.41) is 0. The standard InChI is InChI=1S/C21H25NO/c1-16(2)21(23)20(18-11-7-4-8-12-18)22-14-13-19(15-22)17-9-5-3-6-10-17/h3-12,16,19-20H,13-15H2,1-2H3/t19-,20+/m0/s1. The smallest absolute Gasteiger partial charge is 0.157 e. The fraction of sp³-hybridized carbons (Fsp3) is 0.381. The van der Waals surface area contributed by atoms with Crippen molar-refractivity contribution in [2.75, 3.05) is 13.1 Å². The Morgan fingerprint density at radius 3 is 2.22 bits per heavy atom. The highest BCUT2D eigenvalue weighted by molar-refractivity contribution is 5.87. The number of likely N-dealkylation sites (tertiary alicyclic amines) is 1. The zero-order valence-corrected chi connectivity index (χ0v) is 14.0. The Morgan fingerprint density at radius 1 is 1.00 bits per heavy atom. The van der Waals surface area contributed by atoms with E-state index in [1.165, 1.54) is 5.56 Å². The maximum absolute atomic E-state index is 12.8. The Hall–Kier alpha value is -1.93. The van der Waals surface area contributed by atoms with Gasteiger partial charge in [0.15, 0.2) is 5.78 Å². The van der Waals surface area contributed by atoms with Gasteiger partial charge in [-0.25, -0.2) is 0 Å². The number of hydrogen-bond donors (Lipinski definition) is 0. The number of hydrogen-bond acceptors (Lipinski definition) is 2. The van der Waals surface area contributed by atoms with Crippen LogP contribution in [-0.2, 0) is 4.79 Å². The molecule has 1 aliphatic rings. The molecular formula is C21H25NO. The minimum absolute atomic E-state index is 0.0518. The molecule has 0 bridgehead atoms. The highest BCUT2D eigenvalue weighted by Gasteiger charge is 2.34. The van der Waals surface area contributed by atoms with Crippen molar-refractivity contribution < 1.29 is 4.79 Å². The minimum Gasteiger partial charge on any atom is -0.297 e. The molecule has 0 spiro atoms.